The van der Waals surface area contributed by atoms with Gasteiger partial charge in [-0.2, -0.15) is 0 Å². The number of methoxy groups -OCH3 is 1. The Morgan fingerprint density at radius 3 is 2.52 bits per heavy atom. The molecule has 142 valence electrons. The second kappa shape index (κ2) is 9.54. The zero-order valence-electron chi connectivity index (χ0n) is 15.1. The molecule has 0 saturated carbocycles. The fraction of sp³-hybridized carbons (Fsp3) is 0.286. The van der Waals surface area contributed by atoms with Crippen molar-refractivity contribution in [2.24, 2.45) is 0 Å². The quantitative estimate of drug-likeness (QED) is 0.539. The van der Waals surface area contributed by atoms with Crippen molar-refractivity contribution in [3.05, 3.63) is 58.1 Å². The van der Waals surface area contributed by atoms with Crippen LogP contribution in [0.5, 0.6) is 5.75 Å². The summed E-state index contributed by atoms with van der Waals surface area (Å²) in [5.74, 6) is 0.806. The molecule has 1 aliphatic heterocycles. The van der Waals surface area contributed by atoms with Crippen molar-refractivity contribution >= 4 is 46.9 Å². The third-order valence-corrected chi connectivity index (χ3v) is 6.56. The second-order valence-corrected chi connectivity index (χ2v) is 8.09. The van der Waals surface area contributed by atoms with Gasteiger partial charge in [0, 0.05) is 24.1 Å². The van der Waals surface area contributed by atoms with Crippen molar-refractivity contribution in [1.29, 1.82) is 0 Å². The molecule has 2 aromatic rings. The number of carbonyl (C=O) groups excluding carboxylic acids is 1. The van der Waals surface area contributed by atoms with Gasteiger partial charge < -0.3 is 9.64 Å². The molecule has 2 aromatic carbocycles. The number of amides is 1. The third kappa shape index (κ3) is 5.01. The van der Waals surface area contributed by atoms with Gasteiger partial charge in [0.05, 0.1) is 22.1 Å². The van der Waals surface area contributed by atoms with E-state index in [9.17, 15) is 4.79 Å². The average molecular weight is 422 g/mol. The lowest BCUT2D eigenvalue weighted by atomic mass is 10.1. The van der Waals surface area contributed by atoms with Crippen LogP contribution in [0.15, 0.2) is 52.3 Å². The molecule has 0 bridgehead atoms. The lowest BCUT2D eigenvalue weighted by Gasteiger charge is -2.25. The molecule has 1 fully saturated rings. The first-order valence-electron chi connectivity index (χ1n) is 8.86. The Morgan fingerprint density at radius 1 is 1.04 bits per heavy atom. The van der Waals surface area contributed by atoms with E-state index in [0.29, 0.717) is 10.0 Å². The van der Waals surface area contributed by atoms with Gasteiger partial charge in [-0.15, -0.1) is 0 Å². The minimum atomic E-state index is 0.0226. The highest BCUT2D eigenvalue weighted by atomic mass is 35.5. The Kier molecular flexibility index (Phi) is 7.11. The Balaban J connectivity index is 1.76. The number of likely N-dealkylation sites (tertiary alicyclic amines) is 1. The molecule has 0 radical (unpaired) electrons. The third-order valence-electron chi connectivity index (χ3n) is 4.44. The zero-order valence-corrected chi connectivity index (χ0v) is 17.4. The van der Waals surface area contributed by atoms with Gasteiger partial charge in [0.2, 0.25) is 5.91 Å². The summed E-state index contributed by atoms with van der Waals surface area (Å²) >= 11 is 14.4. The molecule has 0 unspecified atom stereocenters. The largest absolute Gasteiger partial charge is 0.496 e. The van der Waals surface area contributed by atoms with E-state index in [1.165, 1.54) is 18.2 Å². The van der Waals surface area contributed by atoms with Crippen LogP contribution in [0.2, 0.25) is 10.0 Å². The maximum Gasteiger partial charge on any atom is 0.246 e. The lowest BCUT2D eigenvalue weighted by Crippen LogP contribution is -2.34. The predicted molar refractivity (Wildman–Crippen MR) is 113 cm³/mol. The fourth-order valence-electron chi connectivity index (χ4n) is 2.96. The molecule has 1 saturated heterocycles. The molecular weight excluding hydrogens is 401 g/mol. The van der Waals surface area contributed by atoms with E-state index >= 15 is 0 Å². The van der Waals surface area contributed by atoms with E-state index in [0.717, 1.165) is 47.0 Å². The summed E-state index contributed by atoms with van der Waals surface area (Å²) in [6, 6.07) is 11.5. The second-order valence-electron chi connectivity index (χ2n) is 6.25. The number of ether oxygens (including phenoxy) is 1. The molecule has 27 heavy (non-hydrogen) atoms. The van der Waals surface area contributed by atoms with Gasteiger partial charge in [0.1, 0.15) is 5.75 Å². The minimum absolute atomic E-state index is 0.0226. The summed E-state index contributed by atoms with van der Waals surface area (Å²) in [5.41, 5.74) is 0.733. The van der Waals surface area contributed by atoms with Gasteiger partial charge in [-0.05, 0) is 49.1 Å². The highest BCUT2D eigenvalue weighted by Crippen LogP contribution is 2.42. The van der Waals surface area contributed by atoms with Crippen LogP contribution < -0.4 is 4.74 Å². The SMILES string of the molecule is COc1ccccc1Sc1ccc(/C=C/C(=O)N2CCCCC2)c(Cl)c1Cl. The number of hydrogen-bond donors (Lipinski definition) is 0. The summed E-state index contributed by atoms with van der Waals surface area (Å²) in [4.78, 5) is 16.0. The number of nitrogens with zero attached hydrogens (tertiary/aromatic N) is 1. The van der Waals surface area contributed by atoms with Crippen LogP contribution in [0.3, 0.4) is 0 Å². The van der Waals surface area contributed by atoms with Gasteiger partial charge in [0.15, 0.2) is 0 Å². The van der Waals surface area contributed by atoms with Crippen LogP contribution in [0.4, 0.5) is 0 Å². The zero-order chi connectivity index (χ0) is 19.2. The topological polar surface area (TPSA) is 29.5 Å². The van der Waals surface area contributed by atoms with Crippen LogP contribution >= 0.6 is 35.0 Å². The molecule has 0 spiro atoms. The molecule has 0 aromatic heterocycles. The first kappa shape index (κ1) is 20.1. The smallest absolute Gasteiger partial charge is 0.246 e. The molecule has 6 heteroatoms. The summed E-state index contributed by atoms with van der Waals surface area (Å²) in [7, 11) is 1.64. The van der Waals surface area contributed by atoms with E-state index in [1.54, 1.807) is 19.3 Å². The normalized spacial score (nSPS) is 14.6. The number of rotatable bonds is 5. The summed E-state index contributed by atoms with van der Waals surface area (Å²) in [5, 5.41) is 0.916. The summed E-state index contributed by atoms with van der Waals surface area (Å²) in [6.07, 6.45) is 6.65. The Labute approximate surface area is 174 Å². The summed E-state index contributed by atoms with van der Waals surface area (Å²) < 4.78 is 5.38. The van der Waals surface area contributed by atoms with Gasteiger partial charge in [-0.1, -0.05) is 53.2 Å². The molecule has 1 aliphatic rings. The van der Waals surface area contributed by atoms with Gasteiger partial charge >= 0.3 is 0 Å². The number of para-hydroxylation sites is 1. The number of piperidine rings is 1. The van der Waals surface area contributed by atoms with Gasteiger partial charge in [-0.25, -0.2) is 0 Å². The van der Waals surface area contributed by atoms with Crippen molar-refractivity contribution in [1.82, 2.24) is 4.90 Å². The molecule has 1 heterocycles. The number of halogens is 2. The maximum atomic E-state index is 12.3. The van der Waals surface area contributed by atoms with Crippen LogP contribution in [0.1, 0.15) is 24.8 Å². The molecular formula is C21H21Cl2NO2S. The minimum Gasteiger partial charge on any atom is -0.496 e. The molecule has 3 rings (SSSR count). The van der Waals surface area contributed by atoms with E-state index < -0.39 is 0 Å². The summed E-state index contributed by atoms with van der Waals surface area (Å²) in [6.45, 7) is 1.65. The van der Waals surface area contributed by atoms with Crippen LogP contribution in [-0.2, 0) is 4.79 Å². The first-order chi connectivity index (χ1) is 13.1. The maximum absolute atomic E-state index is 12.3. The van der Waals surface area contributed by atoms with E-state index in [-0.39, 0.29) is 5.91 Å². The molecule has 3 nitrogen and oxygen atoms in total. The number of carbonyl (C=O) groups is 1. The standard InChI is InChI=1S/C21H21Cl2NO2S/c1-26-16-7-3-4-8-17(16)27-18-11-9-15(20(22)21(18)23)10-12-19(25)24-13-5-2-6-14-24/h3-4,7-12H,2,5-6,13-14H2,1H3/b12-10+. The van der Waals surface area contributed by atoms with Gasteiger partial charge in [0.25, 0.3) is 0 Å². The number of hydrogen-bond acceptors (Lipinski definition) is 3. The van der Waals surface area contributed by atoms with Crippen LogP contribution in [0, 0.1) is 0 Å². The van der Waals surface area contributed by atoms with Crippen molar-refractivity contribution in [2.75, 3.05) is 20.2 Å². The first-order valence-corrected chi connectivity index (χ1v) is 10.4. The fourth-order valence-corrected chi connectivity index (χ4v) is 4.49. The highest BCUT2D eigenvalue weighted by molar-refractivity contribution is 7.99. The van der Waals surface area contributed by atoms with E-state index in [4.69, 9.17) is 27.9 Å². The van der Waals surface area contributed by atoms with Crippen molar-refractivity contribution < 1.29 is 9.53 Å². The van der Waals surface area contributed by atoms with Crippen molar-refractivity contribution in [3.63, 3.8) is 0 Å². The van der Waals surface area contributed by atoms with Crippen molar-refractivity contribution in [3.8, 4) is 5.75 Å². The van der Waals surface area contributed by atoms with Gasteiger partial charge in [-0.3, -0.25) is 4.79 Å². The Morgan fingerprint density at radius 2 is 1.78 bits per heavy atom. The molecule has 1 amide bonds. The monoisotopic (exact) mass is 421 g/mol. The molecule has 0 aliphatic carbocycles. The average Bonchev–Trinajstić information content (AvgIpc) is 2.71. The highest BCUT2D eigenvalue weighted by Gasteiger charge is 2.15. The van der Waals surface area contributed by atoms with E-state index in [1.807, 2.05) is 41.3 Å². The van der Waals surface area contributed by atoms with E-state index in [2.05, 4.69) is 0 Å². The molecule has 0 atom stereocenters. The number of benzene rings is 2. The van der Waals surface area contributed by atoms with Crippen molar-refractivity contribution in [2.45, 2.75) is 29.1 Å². The lowest BCUT2D eigenvalue weighted by molar-refractivity contribution is -0.126. The Hall–Kier alpha value is -1.62. The molecule has 0 N–H and O–H groups in total. The van der Waals surface area contributed by atoms with Crippen LogP contribution in [0.25, 0.3) is 6.08 Å². The van der Waals surface area contributed by atoms with Crippen LogP contribution in [-0.4, -0.2) is 31.0 Å². The Bertz CT molecular complexity index is 848. The predicted octanol–water partition coefficient (Wildman–Crippen LogP) is 6.18.